The fourth-order valence-electron chi connectivity index (χ4n) is 3.08. The Morgan fingerprint density at radius 3 is 2.80 bits per heavy atom. The Labute approximate surface area is 149 Å². The fourth-order valence-corrected chi connectivity index (χ4v) is 4.29. The summed E-state index contributed by atoms with van der Waals surface area (Å²) in [6, 6.07) is 5.13. The van der Waals surface area contributed by atoms with Crippen LogP contribution in [0.1, 0.15) is 31.2 Å². The van der Waals surface area contributed by atoms with Gasteiger partial charge in [0.25, 0.3) is 0 Å². The standard InChI is InChI=1S/C17H27N3O4S/c1-13-7-8-15(24-2)12-16(13)19-17(21)18-10-9-14-6-4-5-11-20(14)25(3,22)23/h7-8,12,14H,4-6,9-11H2,1-3H3,(H2,18,19,21)/t14-/m0/s1. The maximum Gasteiger partial charge on any atom is 0.319 e. The minimum atomic E-state index is -3.20. The Hall–Kier alpha value is -1.80. The van der Waals surface area contributed by atoms with Gasteiger partial charge in [0.15, 0.2) is 0 Å². The SMILES string of the molecule is COc1ccc(C)c(NC(=O)NCC[C@@H]2CCCCN2S(C)(=O)=O)c1. The van der Waals surface area contributed by atoms with Crippen LogP contribution in [-0.4, -0.2) is 51.3 Å². The molecular formula is C17H27N3O4S. The molecule has 8 heteroatoms. The zero-order valence-electron chi connectivity index (χ0n) is 15.0. The van der Waals surface area contributed by atoms with Crippen LogP contribution in [0.3, 0.4) is 0 Å². The normalized spacial score (nSPS) is 18.6. The predicted molar refractivity (Wildman–Crippen MR) is 98.6 cm³/mol. The molecule has 1 heterocycles. The number of rotatable bonds is 6. The largest absolute Gasteiger partial charge is 0.497 e. The number of aryl methyl sites for hydroxylation is 1. The summed E-state index contributed by atoms with van der Waals surface area (Å²) in [4.78, 5) is 12.1. The first-order valence-corrected chi connectivity index (χ1v) is 10.3. The zero-order valence-corrected chi connectivity index (χ0v) is 15.9. The van der Waals surface area contributed by atoms with Crippen LogP contribution >= 0.6 is 0 Å². The van der Waals surface area contributed by atoms with Crippen molar-refractivity contribution in [3.05, 3.63) is 23.8 Å². The average Bonchev–Trinajstić information content (AvgIpc) is 2.56. The van der Waals surface area contributed by atoms with Crippen LogP contribution in [0.2, 0.25) is 0 Å². The molecular weight excluding hydrogens is 342 g/mol. The molecule has 0 unspecified atom stereocenters. The molecule has 0 saturated carbocycles. The number of carbonyl (C=O) groups excluding carboxylic acids is 1. The lowest BCUT2D eigenvalue weighted by Gasteiger charge is -2.33. The molecule has 1 atom stereocenters. The van der Waals surface area contributed by atoms with Crippen molar-refractivity contribution in [3.63, 3.8) is 0 Å². The van der Waals surface area contributed by atoms with Gasteiger partial charge in [0.1, 0.15) is 5.75 Å². The van der Waals surface area contributed by atoms with Crippen LogP contribution < -0.4 is 15.4 Å². The van der Waals surface area contributed by atoms with Crippen molar-refractivity contribution in [2.75, 3.05) is 31.8 Å². The van der Waals surface area contributed by atoms with E-state index >= 15 is 0 Å². The molecule has 140 valence electrons. The third-order valence-electron chi connectivity index (χ3n) is 4.46. The van der Waals surface area contributed by atoms with E-state index in [2.05, 4.69) is 10.6 Å². The molecule has 0 aromatic heterocycles. The van der Waals surface area contributed by atoms with Gasteiger partial charge in [0.05, 0.1) is 13.4 Å². The van der Waals surface area contributed by atoms with Crippen molar-refractivity contribution < 1.29 is 17.9 Å². The number of nitrogens with one attached hydrogen (secondary N) is 2. The number of anilines is 1. The second kappa shape index (κ2) is 8.53. The van der Waals surface area contributed by atoms with E-state index in [1.165, 1.54) is 6.26 Å². The lowest BCUT2D eigenvalue weighted by molar-refractivity contribution is 0.235. The number of nitrogens with zero attached hydrogens (tertiary/aromatic N) is 1. The third-order valence-corrected chi connectivity index (χ3v) is 5.79. The van der Waals surface area contributed by atoms with Gasteiger partial charge in [-0.25, -0.2) is 13.2 Å². The molecule has 2 rings (SSSR count). The minimum Gasteiger partial charge on any atom is -0.497 e. The minimum absolute atomic E-state index is 0.0393. The Kier molecular flexibility index (Phi) is 6.66. The van der Waals surface area contributed by atoms with E-state index in [-0.39, 0.29) is 12.1 Å². The molecule has 2 N–H and O–H groups in total. The second-order valence-electron chi connectivity index (χ2n) is 6.37. The summed E-state index contributed by atoms with van der Waals surface area (Å²) in [7, 11) is -1.62. The third kappa shape index (κ3) is 5.61. The van der Waals surface area contributed by atoms with E-state index in [0.717, 1.165) is 24.8 Å². The number of methoxy groups -OCH3 is 1. The van der Waals surface area contributed by atoms with Crippen molar-refractivity contribution in [2.45, 2.75) is 38.6 Å². The number of amides is 2. The zero-order chi connectivity index (χ0) is 18.4. The maximum atomic E-state index is 12.1. The predicted octanol–water partition coefficient (Wildman–Crippen LogP) is 2.33. The molecule has 0 radical (unpaired) electrons. The quantitative estimate of drug-likeness (QED) is 0.806. The molecule has 0 spiro atoms. The van der Waals surface area contributed by atoms with E-state index in [1.54, 1.807) is 17.5 Å². The highest BCUT2D eigenvalue weighted by Crippen LogP contribution is 2.23. The first kappa shape index (κ1) is 19.5. The molecule has 1 aliphatic heterocycles. The Balaban J connectivity index is 1.86. The van der Waals surface area contributed by atoms with Crippen LogP contribution in [-0.2, 0) is 10.0 Å². The summed E-state index contributed by atoms with van der Waals surface area (Å²) in [6.45, 7) is 2.89. The van der Waals surface area contributed by atoms with E-state index in [4.69, 9.17) is 4.74 Å². The lowest BCUT2D eigenvalue weighted by atomic mass is 10.0. The van der Waals surface area contributed by atoms with Gasteiger partial charge in [0.2, 0.25) is 10.0 Å². The lowest BCUT2D eigenvalue weighted by Crippen LogP contribution is -2.44. The van der Waals surface area contributed by atoms with E-state index in [0.29, 0.717) is 30.9 Å². The van der Waals surface area contributed by atoms with Gasteiger partial charge in [-0.2, -0.15) is 4.31 Å². The van der Waals surface area contributed by atoms with Gasteiger partial charge < -0.3 is 15.4 Å². The maximum absolute atomic E-state index is 12.1. The molecule has 0 aliphatic carbocycles. The van der Waals surface area contributed by atoms with Crippen LogP contribution in [0.25, 0.3) is 0 Å². The second-order valence-corrected chi connectivity index (χ2v) is 8.31. The number of hydrogen-bond acceptors (Lipinski definition) is 4. The molecule has 0 bridgehead atoms. The van der Waals surface area contributed by atoms with Crippen molar-refractivity contribution >= 4 is 21.7 Å². The van der Waals surface area contributed by atoms with Crippen molar-refractivity contribution in [1.29, 1.82) is 0 Å². The molecule has 2 amide bonds. The summed E-state index contributed by atoms with van der Waals surface area (Å²) < 4.78 is 30.4. The molecule has 7 nitrogen and oxygen atoms in total. The highest BCUT2D eigenvalue weighted by molar-refractivity contribution is 7.88. The van der Waals surface area contributed by atoms with Gasteiger partial charge in [-0.1, -0.05) is 12.5 Å². The Morgan fingerprint density at radius 1 is 1.36 bits per heavy atom. The highest BCUT2D eigenvalue weighted by atomic mass is 32.2. The van der Waals surface area contributed by atoms with Gasteiger partial charge in [0, 0.05) is 30.9 Å². The van der Waals surface area contributed by atoms with Crippen LogP contribution in [0, 0.1) is 6.92 Å². The van der Waals surface area contributed by atoms with Gasteiger partial charge >= 0.3 is 6.03 Å². The van der Waals surface area contributed by atoms with Gasteiger partial charge in [-0.15, -0.1) is 0 Å². The Bertz CT molecular complexity index is 706. The molecule has 1 aromatic rings. The summed E-state index contributed by atoms with van der Waals surface area (Å²) in [5.74, 6) is 0.673. The molecule has 1 fully saturated rings. The Morgan fingerprint density at radius 2 is 2.12 bits per heavy atom. The number of piperidine rings is 1. The monoisotopic (exact) mass is 369 g/mol. The average molecular weight is 369 g/mol. The first-order valence-electron chi connectivity index (χ1n) is 8.47. The number of sulfonamides is 1. The number of carbonyl (C=O) groups is 1. The number of benzene rings is 1. The molecule has 1 aromatic carbocycles. The summed E-state index contributed by atoms with van der Waals surface area (Å²) in [5, 5.41) is 5.60. The van der Waals surface area contributed by atoms with Crippen molar-refractivity contribution in [1.82, 2.24) is 9.62 Å². The van der Waals surface area contributed by atoms with Crippen LogP contribution in [0.5, 0.6) is 5.75 Å². The van der Waals surface area contributed by atoms with E-state index in [9.17, 15) is 13.2 Å². The number of hydrogen-bond donors (Lipinski definition) is 2. The number of ether oxygens (including phenoxy) is 1. The number of urea groups is 1. The van der Waals surface area contributed by atoms with E-state index in [1.807, 2.05) is 19.1 Å². The van der Waals surface area contributed by atoms with Gasteiger partial charge in [-0.3, -0.25) is 0 Å². The fraction of sp³-hybridized carbons (Fsp3) is 0.588. The molecule has 1 aliphatic rings. The molecule has 25 heavy (non-hydrogen) atoms. The summed E-state index contributed by atoms with van der Waals surface area (Å²) in [6.07, 6.45) is 4.61. The smallest absolute Gasteiger partial charge is 0.319 e. The van der Waals surface area contributed by atoms with Crippen molar-refractivity contribution in [3.8, 4) is 5.75 Å². The topological polar surface area (TPSA) is 87.7 Å². The molecule has 1 saturated heterocycles. The van der Waals surface area contributed by atoms with Crippen LogP contribution in [0.15, 0.2) is 18.2 Å². The van der Waals surface area contributed by atoms with E-state index < -0.39 is 10.0 Å². The van der Waals surface area contributed by atoms with Gasteiger partial charge in [-0.05, 0) is 37.8 Å². The van der Waals surface area contributed by atoms with Crippen molar-refractivity contribution in [2.24, 2.45) is 0 Å². The summed E-state index contributed by atoms with van der Waals surface area (Å²) >= 11 is 0. The summed E-state index contributed by atoms with van der Waals surface area (Å²) in [5.41, 5.74) is 1.62. The highest BCUT2D eigenvalue weighted by Gasteiger charge is 2.28. The van der Waals surface area contributed by atoms with Crippen LogP contribution in [0.4, 0.5) is 10.5 Å². The first-order chi connectivity index (χ1) is 11.8.